The van der Waals surface area contributed by atoms with Crippen molar-refractivity contribution < 1.29 is 10.2 Å². The van der Waals surface area contributed by atoms with E-state index in [1.54, 1.807) is 12.1 Å². The molecular weight excluding hydrogens is 248 g/mol. The highest BCUT2D eigenvalue weighted by Gasteiger charge is 2.17. The summed E-state index contributed by atoms with van der Waals surface area (Å²) in [6.07, 6.45) is 0. The number of aromatic hydroxyl groups is 2. The van der Waals surface area contributed by atoms with Crippen LogP contribution in [-0.2, 0) is 0 Å². The van der Waals surface area contributed by atoms with E-state index in [1.807, 2.05) is 24.3 Å². The van der Waals surface area contributed by atoms with Gasteiger partial charge in [-0.3, -0.25) is 0 Å². The van der Waals surface area contributed by atoms with Gasteiger partial charge in [0.25, 0.3) is 0 Å². The number of hydrogen-bond acceptors (Lipinski definition) is 2. The average molecular weight is 270 g/mol. The molecule has 2 rings (SSSR count). The molecule has 0 saturated heterocycles. The van der Waals surface area contributed by atoms with Gasteiger partial charge in [0.15, 0.2) is 0 Å². The van der Waals surface area contributed by atoms with Crippen molar-refractivity contribution in [3.05, 3.63) is 47.5 Å². The summed E-state index contributed by atoms with van der Waals surface area (Å²) in [5.41, 5.74) is 4.53. The lowest BCUT2D eigenvalue weighted by Crippen LogP contribution is -2.00. The predicted octanol–water partition coefficient (Wildman–Crippen LogP) is 5.01. The van der Waals surface area contributed by atoms with Gasteiger partial charge in [-0.2, -0.15) is 0 Å². The Bertz CT molecular complexity index is 566. The Morgan fingerprint density at radius 2 is 1.15 bits per heavy atom. The molecule has 2 nitrogen and oxygen atoms in total. The maximum absolute atomic E-state index is 9.97. The minimum Gasteiger partial charge on any atom is -0.508 e. The first kappa shape index (κ1) is 14.4. The molecule has 0 fully saturated rings. The molecule has 0 aliphatic rings. The molecule has 0 heterocycles. The summed E-state index contributed by atoms with van der Waals surface area (Å²) in [5.74, 6) is 1.23. The molecule has 2 N–H and O–H groups in total. The Balaban J connectivity index is 2.73. The maximum Gasteiger partial charge on any atom is 0.116 e. The zero-order valence-corrected chi connectivity index (χ0v) is 12.5. The minimum atomic E-state index is 0.268. The highest BCUT2D eigenvalue weighted by atomic mass is 16.3. The molecule has 2 aromatic rings. The summed E-state index contributed by atoms with van der Waals surface area (Å²) >= 11 is 0. The van der Waals surface area contributed by atoms with Gasteiger partial charge in [0.1, 0.15) is 11.5 Å². The van der Waals surface area contributed by atoms with Crippen molar-refractivity contribution in [1.82, 2.24) is 0 Å². The van der Waals surface area contributed by atoms with Crippen molar-refractivity contribution in [2.75, 3.05) is 0 Å². The molecule has 0 aromatic heterocycles. The van der Waals surface area contributed by atoms with E-state index in [0.29, 0.717) is 17.6 Å². The van der Waals surface area contributed by atoms with Crippen molar-refractivity contribution in [1.29, 1.82) is 0 Å². The molecule has 2 heteroatoms. The van der Waals surface area contributed by atoms with Crippen LogP contribution in [0.2, 0.25) is 0 Å². The normalized spacial score (nSPS) is 11.3. The SMILES string of the molecule is CC(C)c1cc(O)cc(C(C)C)c1-c1ccc(O)cc1. The lowest BCUT2D eigenvalue weighted by atomic mass is 9.85. The van der Waals surface area contributed by atoms with Crippen molar-refractivity contribution >= 4 is 0 Å². The van der Waals surface area contributed by atoms with Gasteiger partial charge in [-0.15, -0.1) is 0 Å². The topological polar surface area (TPSA) is 40.5 Å². The Morgan fingerprint density at radius 3 is 1.55 bits per heavy atom. The lowest BCUT2D eigenvalue weighted by molar-refractivity contribution is 0.472. The van der Waals surface area contributed by atoms with Gasteiger partial charge in [0.05, 0.1) is 0 Å². The smallest absolute Gasteiger partial charge is 0.116 e. The molecule has 0 atom stereocenters. The van der Waals surface area contributed by atoms with Crippen LogP contribution < -0.4 is 0 Å². The summed E-state index contributed by atoms with van der Waals surface area (Å²) in [4.78, 5) is 0. The molecule has 0 bridgehead atoms. The molecule has 0 amide bonds. The number of benzene rings is 2. The first-order chi connectivity index (χ1) is 9.40. The molecular formula is C18H22O2. The van der Waals surface area contributed by atoms with Crippen LogP contribution in [0.15, 0.2) is 36.4 Å². The minimum absolute atomic E-state index is 0.268. The molecule has 0 unspecified atom stereocenters. The summed E-state index contributed by atoms with van der Waals surface area (Å²) in [5, 5.41) is 19.4. The second kappa shape index (κ2) is 5.58. The van der Waals surface area contributed by atoms with Crippen LogP contribution in [0.5, 0.6) is 11.5 Å². The molecule has 0 spiro atoms. The third-order valence-electron chi connectivity index (χ3n) is 3.58. The monoisotopic (exact) mass is 270 g/mol. The Hall–Kier alpha value is -1.96. The van der Waals surface area contributed by atoms with E-state index in [4.69, 9.17) is 0 Å². The highest BCUT2D eigenvalue weighted by Crippen LogP contribution is 2.39. The fourth-order valence-electron chi connectivity index (χ4n) is 2.54. The molecule has 0 radical (unpaired) electrons. The summed E-state index contributed by atoms with van der Waals surface area (Å²) in [7, 11) is 0. The van der Waals surface area contributed by atoms with E-state index in [1.165, 1.54) is 5.56 Å². The third kappa shape index (κ3) is 2.79. The number of phenolic OH excluding ortho intramolecular Hbond substituents is 2. The first-order valence-electron chi connectivity index (χ1n) is 7.06. The van der Waals surface area contributed by atoms with Crippen molar-refractivity contribution in [2.45, 2.75) is 39.5 Å². The van der Waals surface area contributed by atoms with E-state index in [2.05, 4.69) is 27.7 Å². The third-order valence-corrected chi connectivity index (χ3v) is 3.58. The van der Waals surface area contributed by atoms with Crippen LogP contribution in [0, 0.1) is 0 Å². The molecule has 0 saturated carbocycles. The van der Waals surface area contributed by atoms with Gasteiger partial charge in [-0.1, -0.05) is 39.8 Å². The Morgan fingerprint density at radius 1 is 0.700 bits per heavy atom. The Labute approximate surface area is 120 Å². The molecule has 106 valence electrons. The zero-order chi connectivity index (χ0) is 14.9. The highest BCUT2D eigenvalue weighted by molar-refractivity contribution is 5.74. The standard InChI is InChI=1S/C18H22O2/c1-11(2)16-9-15(20)10-17(12(3)4)18(16)13-5-7-14(19)8-6-13/h5-12,19-20H,1-4H3. The van der Waals surface area contributed by atoms with E-state index in [9.17, 15) is 10.2 Å². The van der Waals surface area contributed by atoms with E-state index in [-0.39, 0.29) is 5.75 Å². The van der Waals surface area contributed by atoms with E-state index < -0.39 is 0 Å². The fraction of sp³-hybridized carbons (Fsp3) is 0.333. The van der Waals surface area contributed by atoms with Gasteiger partial charge in [-0.05, 0) is 58.4 Å². The quantitative estimate of drug-likeness (QED) is 0.822. The summed E-state index contributed by atoms with van der Waals surface area (Å²) in [6, 6.07) is 11.0. The van der Waals surface area contributed by atoms with Gasteiger partial charge in [-0.25, -0.2) is 0 Å². The van der Waals surface area contributed by atoms with Crippen molar-refractivity contribution in [3.63, 3.8) is 0 Å². The van der Waals surface area contributed by atoms with Gasteiger partial charge >= 0.3 is 0 Å². The zero-order valence-electron chi connectivity index (χ0n) is 12.5. The maximum atomic E-state index is 9.97. The van der Waals surface area contributed by atoms with Crippen molar-refractivity contribution in [2.24, 2.45) is 0 Å². The number of hydrogen-bond donors (Lipinski definition) is 2. The lowest BCUT2D eigenvalue weighted by Gasteiger charge is -2.20. The molecule has 0 aliphatic heterocycles. The second-order valence-corrected chi connectivity index (χ2v) is 5.86. The predicted molar refractivity (Wildman–Crippen MR) is 83.4 cm³/mol. The largest absolute Gasteiger partial charge is 0.508 e. The van der Waals surface area contributed by atoms with Crippen LogP contribution >= 0.6 is 0 Å². The molecule has 0 aliphatic carbocycles. The van der Waals surface area contributed by atoms with Crippen molar-refractivity contribution in [3.8, 4) is 22.6 Å². The van der Waals surface area contributed by atoms with Crippen LogP contribution in [0.25, 0.3) is 11.1 Å². The van der Waals surface area contributed by atoms with Crippen LogP contribution in [0.4, 0.5) is 0 Å². The fourth-order valence-corrected chi connectivity index (χ4v) is 2.54. The molecule has 2 aromatic carbocycles. The van der Waals surface area contributed by atoms with Crippen LogP contribution in [0.1, 0.15) is 50.7 Å². The van der Waals surface area contributed by atoms with Crippen LogP contribution in [-0.4, -0.2) is 10.2 Å². The van der Waals surface area contributed by atoms with E-state index in [0.717, 1.165) is 16.7 Å². The summed E-state index contributed by atoms with van der Waals surface area (Å²) in [6.45, 7) is 8.51. The number of phenols is 2. The number of rotatable bonds is 3. The molecule has 20 heavy (non-hydrogen) atoms. The second-order valence-electron chi connectivity index (χ2n) is 5.86. The van der Waals surface area contributed by atoms with Gasteiger partial charge < -0.3 is 10.2 Å². The van der Waals surface area contributed by atoms with Gasteiger partial charge in [0, 0.05) is 0 Å². The van der Waals surface area contributed by atoms with Gasteiger partial charge in [0.2, 0.25) is 0 Å². The van der Waals surface area contributed by atoms with Crippen LogP contribution in [0.3, 0.4) is 0 Å². The first-order valence-corrected chi connectivity index (χ1v) is 7.06. The summed E-state index contributed by atoms with van der Waals surface area (Å²) < 4.78 is 0. The average Bonchev–Trinajstić information content (AvgIpc) is 2.38. The van der Waals surface area contributed by atoms with E-state index >= 15 is 0 Å². The Kier molecular flexibility index (Phi) is 4.03.